The minimum absolute atomic E-state index is 0.0169. The molecule has 0 spiro atoms. The number of ether oxygens (including phenoxy) is 3. The lowest BCUT2D eigenvalue weighted by atomic mass is 10.4. The van der Waals surface area contributed by atoms with Gasteiger partial charge in [-0.3, -0.25) is 0 Å². The van der Waals surface area contributed by atoms with E-state index in [-0.39, 0.29) is 6.10 Å². The summed E-state index contributed by atoms with van der Waals surface area (Å²) in [6.07, 6.45) is 11.8. The van der Waals surface area contributed by atoms with Crippen molar-refractivity contribution in [3.05, 3.63) is 36.5 Å². The Kier molecular flexibility index (Phi) is 13.5. The first kappa shape index (κ1) is 17.1. The number of hydrogen-bond acceptors (Lipinski definition) is 3. The average molecular weight is 254 g/mol. The van der Waals surface area contributed by atoms with E-state index in [4.69, 9.17) is 14.2 Å². The number of allylic oxidation sites excluding steroid dienone is 3. The molecule has 0 heterocycles. The standard InChI is InChI=1S/C15H26O3/c1-4-7-10-16-13-15(18-12-9-6-3)14-17-11-8-5-2/h4-9,15H,10-14H2,1-3H3/b7-4+,8-5+,9-6+. The molecule has 0 saturated carbocycles. The van der Waals surface area contributed by atoms with Crippen LogP contribution >= 0.6 is 0 Å². The van der Waals surface area contributed by atoms with Crippen LogP contribution in [0.2, 0.25) is 0 Å². The lowest BCUT2D eigenvalue weighted by molar-refractivity contribution is -0.0429. The molecule has 0 bridgehead atoms. The van der Waals surface area contributed by atoms with Gasteiger partial charge in [0, 0.05) is 0 Å². The molecule has 18 heavy (non-hydrogen) atoms. The van der Waals surface area contributed by atoms with Crippen LogP contribution < -0.4 is 0 Å². The highest BCUT2D eigenvalue weighted by Gasteiger charge is 2.08. The zero-order chi connectivity index (χ0) is 13.5. The fourth-order valence-electron chi connectivity index (χ4n) is 1.16. The summed E-state index contributed by atoms with van der Waals surface area (Å²) in [5.74, 6) is 0. The Labute approximate surface area is 111 Å². The minimum Gasteiger partial charge on any atom is -0.375 e. The van der Waals surface area contributed by atoms with Crippen molar-refractivity contribution in [2.75, 3.05) is 33.0 Å². The summed E-state index contributed by atoms with van der Waals surface area (Å²) >= 11 is 0. The molecule has 0 aromatic heterocycles. The third kappa shape index (κ3) is 11.6. The second kappa shape index (κ2) is 14.2. The van der Waals surface area contributed by atoms with Crippen LogP contribution in [-0.2, 0) is 14.2 Å². The number of rotatable bonds is 11. The molecule has 0 aliphatic carbocycles. The second-order valence-electron chi connectivity index (χ2n) is 3.74. The molecule has 3 nitrogen and oxygen atoms in total. The van der Waals surface area contributed by atoms with E-state index in [1.54, 1.807) is 0 Å². The molecule has 3 heteroatoms. The van der Waals surface area contributed by atoms with Gasteiger partial charge in [0.15, 0.2) is 0 Å². The monoisotopic (exact) mass is 254 g/mol. The normalized spacial score (nSPS) is 12.7. The Morgan fingerprint density at radius 1 is 0.722 bits per heavy atom. The van der Waals surface area contributed by atoms with E-state index in [9.17, 15) is 0 Å². The maximum Gasteiger partial charge on any atom is 0.105 e. The summed E-state index contributed by atoms with van der Waals surface area (Å²) in [6.45, 7) is 8.87. The largest absolute Gasteiger partial charge is 0.375 e. The van der Waals surface area contributed by atoms with Gasteiger partial charge < -0.3 is 14.2 Å². The van der Waals surface area contributed by atoms with Gasteiger partial charge in [-0.05, 0) is 20.8 Å². The van der Waals surface area contributed by atoms with E-state index in [2.05, 4.69) is 0 Å². The lowest BCUT2D eigenvalue weighted by Gasteiger charge is -2.16. The first-order chi connectivity index (χ1) is 8.85. The fourth-order valence-corrected chi connectivity index (χ4v) is 1.16. The van der Waals surface area contributed by atoms with Crippen molar-refractivity contribution < 1.29 is 14.2 Å². The van der Waals surface area contributed by atoms with E-state index in [1.807, 2.05) is 57.2 Å². The Morgan fingerprint density at radius 2 is 1.17 bits per heavy atom. The molecular weight excluding hydrogens is 228 g/mol. The van der Waals surface area contributed by atoms with Crippen molar-refractivity contribution >= 4 is 0 Å². The van der Waals surface area contributed by atoms with Gasteiger partial charge in [-0.1, -0.05) is 36.5 Å². The van der Waals surface area contributed by atoms with Crippen LogP contribution in [0.5, 0.6) is 0 Å². The van der Waals surface area contributed by atoms with Gasteiger partial charge >= 0.3 is 0 Å². The first-order valence-electron chi connectivity index (χ1n) is 6.45. The van der Waals surface area contributed by atoms with Gasteiger partial charge in [0.25, 0.3) is 0 Å². The molecule has 0 rings (SSSR count). The summed E-state index contributed by atoms with van der Waals surface area (Å²) in [5.41, 5.74) is 0. The molecule has 0 radical (unpaired) electrons. The molecule has 0 amide bonds. The van der Waals surface area contributed by atoms with Gasteiger partial charge in [-0.2, -0.15) is 0 Å². The Hall–Kier alpha value is -0.900. The Bertz CT molecular complexity index is 226. The second-order valence-corrected chi connectivity index (χ2v) is 3.74. The van der Waals surface area contributed by atoms with Crippen LogP contribution in [0.1, 0.15) is 20.8 Å². The topological polar surface area (TPSA) is 27.7 Å². The molecule has 0 aromatic carbocycles. The van der Waals surface area contributed by atoms with Crippen molar-refractivity contribution in [3.8, 4) is 0 Å². The highest BCUT2D eigenvalue weighted by molar-refractivity contribution is 4.79. The fraction of sp³-hybridized carbons (Fsp3) is 0.600. The molecule has 0 atom stereocenters. The van der Waals surface area contributed by atoms with E-state index in [0.29, 0.717) is 33.0 Å². The predicted molar refractivity (Wildman–Crippen MR) is 75.8 cm³/mol. The van der Waals surface area contributed by atoms with E-state index < -0.39 is 0 Å². The quantitative estimate of drug-likeness (QED) is 0.419. The van der Waals surface area contributed by atoms with Crippen molar-refractivity contribution in [1.82, 2.24) is 0 Å². The Morgan fingerprint density at radius 3 is 1.61 bits per heavy atom. The summed E-state index contributed by atoms with van der Waals surface area (Å²) in [7, 11) is 0. The van der Waals surface area contributed by atoms with Crippen LogP contribution in [0.3, 0.4) is 0 Å². The SMILES string of the molecule is C/C=C/COCC(COC/C=C/C)OC/C=C/C. The maximum absolute atomic E-state index is 5.66. The third-order valence-electron chi connectivity index (χ3n) is 2.17. The van der Waals surface area contributed by atoms with E-state index in [0.717, 1.165) is 0 Å². The molecular formula is C15H26O3. The molecule has 0 fully saturated rings. The van der Waals surface area contributed by atoms with Gasteiger partial charge in [0.1, 0.15) is 6.10 Å². The van der Waals surface area contributed by atoms with Crippen LogP contribution in [0, 0.1) is 0 Å². The minimum atomic E-state index is -0.0169. The molecule has 0 unspecified atom stereocenters. The summed E-state index contributed by atoms with van der Waals surface area (Å²) in [5, 5.41) is 0. The van der Waals surface area contributed by atoms with Crippen molar-refractivity contribution in [2.45, 2.75) is 26.9 Å². The van der Waals surface area contributed by atoms with Crippen molar-refractivity contribution in [3.63, 3.8) is 0 Å². The van der Waals surface area contributed by atoms with E-state index in [1.165, 1.54) is 0 Å². The lowest BCUT2D eigenvalue weighted by Crippen LogP contribution is -2.26. The maximum atomic E-state index is 5.66. The van der Waals surface area contributed by atoms with Crippen LogP contribution in [0.25, 0.3) is 0 Å². The first-order valence-corrected chi connectivity index (χ1v) is 6.45. The Balaban J connectivity index is 3.82. The van der Waals surface area contributed by atoms with Gasteiger partial charge in [-0.15, -0.1) is 0 Å². The molecule has 0 aliphatic rings. The van der Waals surface area contributed by atoms with Gasteiger partial charge in [0.05, 0.1) is 33.0 Å². The van der Waals surface area contributed by atoms with Crippen LogP contribution in [0.4, 0.5) is 0 Å². The summed E-state index contributed by atoms with van der Waals surface area (Å²) in [6, 6.07) is 0. The summed E-state index contributed by atoms with van der Waals surface area (Å²) in [4.78, 5) is 0. The van der Waals surface area contributed by atoms with Crippen LogP contribution in [0.15, 0.2) is 36.5 Å². The molecule has 0 aromatic rings. The average Bonchev–Trinajstić information content (AvgIpc) is 2.39. The van der Waals surface area contributed by atoms with Crippen molar-refractivity contribution in [2.24, 2.45) is 0 Å². The molecule has 0 N–H and O–H groups in total. The predicted octanol–water partition coefficient (Wildman–Crippen LogP) is 3.13. The van der Waals surface area contributed by atoms with Gasteiger partial charge in [0.2, 0.25) is 0 Å². The zero-order valence-electron chi connectivity index (χ0n) is 11.8. The third-order valence-corrected chi connectivity index (χ3v) is 2.17. The van der Waals surface area contributed by atoms with Crippen molar-refractivity contribution in [1.29, 1.82) is 0 Å². The highest BCUT2D eigenvalue weighted by Crippen LogP contribution is 1.97. The molecule has 104 valence electrons. The zero-order valence-corrected chi connectivity index (χ0v) is 11.8. The highest BCUT2D eigenvalue weighted by atomic mass is 16.6. The van der Waals surface area contributed by atoms with Gasteiger partial charge in [-0.25, -0.2) is 0 Å². The smallest absolute Gasteiger partial charge is 0.105 e. The molecule has 0 saturated heterocycles. The van der Waals surface area contributed by atoms with E-state index >= 15 is 0 Å². The molecule has 0 aliphatic heterocycles. The summed E-state index contributed by atoms with van der Waals surface area (Å²) < 4.78 is 16.6. The number of hydrogen-bond donors (Lipinski definition) is 0. The van der Waals surface area contributed by atoms with Crippen LogP contribution in [-0.4, -0.2) is 39.1 Å².